The smallest absolute Gasteiger partial charge is 0.0598 e. The van der Waals surface area contributed by atoms with Gasteiger partial charge in [-0.05, 0) is 58.3 Å². The van der Waals surface area contributed by atoms with Crippen LogP contribution in [0, 0.1) is 11.8 Å². The highest BCUT2D eigenvalue weighted by Gasteiger charge is 2.27. The molecule has 0 amide bonds. The summed E-state index contributed by atoms with van der Waals surface area (Å²) in [5.41, 5.74) is -0.0118. The fraction of sp³-hybridized carbons (Fsp3) is 1.00. The highest BCUT2D eigenvalue weighted by molar-refractivity contribution is 6.20. The monoisotopic (exact) mass is 232 g/mol. The van der Waals surface area contributed by atoms with Crippen LogP contribution in [0.2, 0.25) is 0 Å². The van der Waals surface area contributed by atoms with E-state index in [1.54, 1.807) is 0 Å². The molecule has 0 heterocycles. The van der Waals surface area contributed by atoms with E-state index in [1.807, 2.05) is 0 Å². The Morgan fingerprint density at radius 1 is 1.27 bits per heavy atom. The minimum absolute atomic E-state index is 0.0118. The quantitative estimate of drug-likeness (QED) is 0.662. The molecule has 0 aliphatic heterocycles. The topological polar surface area (TPSA) is 9.23 Å². The van der Waals surface area contributed by atoms with Gasteiger partial charge in [-0.2, -0.15) is 0 Å². The molecule has 3 atom stereocenters. The Bertz CT molecular complexity index is 185. The van der Waals surface area contributed by atoms with E-state index in [4.69, 9.17) is 16.3 Å². The first kappa shape index (κ1) is 13.3. The van der Waals surface area contributed by atoms with Crippen LogP contribution in [-0.4, -0.2) is 17.6 Å². The fourth-order valence-corrected chi connectivity index (χ4v) is 2.63. The van der Waals surface area contributed by atoms with Gasteiger partial charge < -0.3 is 4.74 Å². The largest absolute Gasteiger partial charge is 0.376 e. The van der Waals surface area contributed by atoms with E-state index < -0.39 is 0 Å². The van der Waals surface area contributed by atoms with Crippen molar-refractivity contribution in [2.45, 2.75) is 64.4 Å². The summed E-state index contributed by atoms with van der Waals surface area (Å²) in [7, 11) is 0. The van der Waals surface area contributed by atoms with Crippen molar-refractivity contribution in [3.63, 3.8) is 0 Å². The summed E-state index contributed by atoms with van der Waals surface area (Å²) >= 11 is 6.34. The van der Waals surface area contributed by atoms with Gasteiger partial charge in [-0.15, -0.1) is 11.6 Å². The standard InChI is InChI=1S/C13H25ClO/c1-10-5-6-12(14)11(9-10)7-8-15-13(2,3)4/h10-12H,5-9H2,1-4H3. The van der Waals surface area contributed by atoms with Gasteiger partial charge in [-0.1, -0.05) is 6.92 Å². The minimum atomic E-state index is -0.0118. The maximum Gasteiger partial charge on any atom is 0.0598 e. The summed E-state index contributed by atoms with van der Waals surface area (Å²) in [4.78, 5) is 0. The highest BCUT2D eigenvalue weighted by atomic mass is 35.5. The molecule has 0 radical (unpaired) electrons. The molecule has 0 spiro atoms. The molecule has 0 saturated heterocycles. The van der Waals surface area contributed by atoms with Crippen molar-refractivity contribution in [3.05, 3.63) is 0 Å². The molecule has 1 aliphatic rings. The second-order valence-corrected chi connectivity index (χ2v) is 6.50. The van der Waals surface area contributed by atoms with Gasteiger partial charge in [0.15, 0.2) is 0 Å². The zero-order chi connectivity index (χ0) is 11.5. The van der Waals surface area contributed by atoms with Gasteiger partial charge in [0.05, 0.1) is 5.60 Å². The Labute approximate surface area is 99.5 Å². The average Bonchev–Trinajstić information content (AvgIpc) is 2.09. The van der Waals surface area contributed by atoms with Crippen molar-refractivity contribution in [2.75, 3.05) is 6.61 Å². The number of hydrogen-bond acceptors (Lipinski definition) is 1. The number of alkyl halides is 1. The van der Waals surface area contributed by atoms with Gasteiger partial charge in [0.1, 0.15) is 0 Å². The highest BCUT2D eigenvalue weighted by Crippen LogP contribution is 2.34. The van der Waals surface area contributed by atoms with Crippen LogP contribution in [0.15, 0.2) is 0 Å². The summed E-state index contributed by atoms with van der Waals surface area (Å²) in [5, 5.41) is 0.379. The molecule has 2 heteroatoms. The van der Waals surface area contributed by atoms with Crippen LogP contribution in [0.3, 0.4) is 0 Å². The van der Waals surface area contributed by atoms with Crippen molar-refractivity contribution < 1.29 is 4.74 Å². The Balaban J connectivity index is 2.24. The van der Waals surface area contributed by atoms with E-state index >= 15 is 0 Å². The zero-order valence-corrected chi connectivity index (χ0v) is 11.3. The average molecular weight is 233 g/mol. The van der Waals surface area contributed by atoms with Crippen molar-refractivity contribution in [2.24, 2.45) is 11.8 Å². The van der Waals surface area contributed by atoms with Crippen LogP contribution in [0.25, 0.3) is 0 Å². The zero-order valence-electron chi connectivity index (χ0n) is 10.6. The maximum atomic E-state index is 6.34. The second-order valence-electron chi connectivity index (χ2n) is 5.94. The fourth-order valence-electron chi connectivity index (χ4n) is 2.28. The molecule has 1 rings (SSSR count). The van der Waals surface area contributed by atoms with Crippen molar-refractivity contribution >= 4 is 11.6 Å². The Kier molecular flexibility index (Phi) is 4.92. The number of hydrogen-bond donors (Lipinski definition) is 0. The minimum Gasteiger partial charge on any atom is -0.376 e. The van der Waals surface area contributed by atoms with Crippen LogP contribution in [0.4, 0.5) is 0 Å². The maximum absolute atomic E-state index is 6.34. The summed E-state index contributed by atoms with van der Waals surface area (Å²) in [6.45, 7) is 9.50. The van der Waals surface area contributed by atoms with Crippen LogP contribution in [-0.2, 0) is 4.74 Å². The first-order chi connectivity index (χ1) is 6.88. The summed E-state index contributed by atoms with van der Waals surface area (Å²) < 4.78 is 5.76. The van der Waals surface area contributed by atoms with Gasteiger partial charge >= 0.3 is 0 Å². The number of rotatable bonds is 3. The summed E-state index contributed by atoms with van der Waals surface area (Å²) in [6.07, 6.45) is 4.88. The van der Waals surface area contributed by atoms with Crippen molar-refractivity contribution in [1.82, 2.24) is 0 Å². The van der Waals surface area contributed by atoms with E-state index in [0.717, 1.165) is 18.9 Å². The second kappa shape index (κ2) is 5.54. The number of halogens is 1. The predicted octanol–water partition coefficient (Wildman–Crippen LogP) is 4.24. The van der Waals surface area contributed by atoms with Crippen LogP contribution in [0.1, 0.15) is 53.4 Å². The molecule has 3 unspecified atom stereocenters. The van der Waals surface area contributed by atoms with Crippen LogP contribution in [0.5, 0.6) is 0 Å². The molecule has 0 aromatic heterocycles. The molecule has 0 N–H and O–H groups in total. The third-order valence-electron chi connectivity index (χ3n) is 3.18. The predicted molar refractivity (Wildman–Crippen MR) is 66.5 cm³/mol. The first-order valence-electron chi connectivity index (χ1n) is 6.16. The molecule has 15 heavy (non-hydrogen) atoms. The van der Waals surface area contributed by atoms with Crippen molar-refractivity contribution in [3.8, 4) is 0 Å². The van der Waals surface area contributed by atoms with Gasteiger partial charge in [-0.25, -0.2) is 0 Å². The van der Waals surface area contributed by atoms with Crippen molar-refractivity contribution in [1.29, 1.82) is 0 Å². The Morgan fingerprint density at radius 2 is 1.93 bits per heavy atom. The molecule has 0 aromatic carbocycles. The molecular formula is C13H25ClO. The van der Waals surface area contributed by atoms with Gasteiger partial charge in [0.25, 0.3) is 0 Å². The normalized spacial score (nSPS) is 33.0. The third kappa shape index (κ3) is 5.21. The lowest BCUT2D eigenvalue weighted by Crippen LogP contribution is -2.27. The lowest BCUT2D eigenvalue weighted by atomic mass is 9.80. The summed E-state index contributed by atoms with van der Waals surface area (Å²) in [5.74, 6) is 1.51. The molecule has 1 nitrogen and oxygen atoms in total. The first-order valence-corrected chi connectivity index (χ1v) is 6.60. The van der Waals surface area contributed by atoms with Gasteiger partial charge in [-0.3, -0.25) is 0 Å². The Morgan fingerprint density at radius 3 is 2.53 bits per heavy atom. The molecular weight excluding hydrogens is 208 g/mol. The molecule has 1 fully saturated rings. The van der Waals surface area contributed by atoms with E-state index in [1.165, 1.54) is 19.3 Å². The summed E-state index contributed by atoms with van der Waals surface area (Å²) in [6, 6.07) is 0. The molecule has 1 saturated carbocycles. The lowest BCUT2D eigenvalue weighted by molar-refractivity contribution is -0.0117. The van der Waals surface area contributed by atoms with Gasteiger partial charge in [0.2, 0.25) is 0 Å². The lowest BCUT2D eigenvalue weighted by Gasteiger charge is -2.32. The van der Waals surface area contributed by atoms with E-state index in [2.05, 4.69) is 27.7 Å². The number of ether oxygens (including phenoxy) is 1. The molecule has 0 bridgehead atoms. The SMILES string of the molecule is CC1CCC(Cl)C(CCOC(C)(C)C)C1. The molecule has 90 valence electrons. The Hall–Kier alpha value is 0.250. The van der Waals surface area contributed by atoms with E-state index in [0.29, 0.717) is 11.3 Å². The molecule has 1 aliphatic carbocycles. The van der Waals surface area contributed by atoms with Crippen LogP contribution < -0.4 is 0 Å². The third-order valence-corrected chi connectivity index (χ3v) is 3.75. The van der Waals surface area contributed by atoms with E-state index in [-0.39, 0.29) is 5.60 Å². The van der Waals surface area contributed by atoms with Crippen LogP contribution >= 0.6 is 11.6 Å². The van der Waals surface area contributed by atoms with E-state index in [9.17, 15) is 0 Å². The van der Waals surface area contributed by atoms with Gasteiger partial charge in [0, 0.05) is 12.0 Å². The molecule has 0 aromatic rings.